The highest BCUT2D eigenvalue weighted by atomic mass is 32.2. The summed E-state index contributed by atoms with van der Waals surface area (Å²) < 4.78 is 29.6. The van der Waals surface area contributed by atoms with Gasteiger partial charge in [-0.1, -0.05) is 17.7 Å². The van der Waals surface area contributed by atoms with E-state index < -0.39 is 15.8 Å². The van der Waals surface area contributed by atoms with E-state index in [1.165, 1.54) is 35.3 Å². The van der Waals surface area contributed by atoms with Crippen LogP contribution in [0.2, 0.25) is 0 Å². The average Bonchev–Trinajstić information content (AvgIpc) is 3.07. The van der Waals surface area contributed by atoms with E-state index in [0.29, 0.717) is 17.4 Å². The fraction of sp³-hybridized carbons (Fsp3) is 0.389. The van der Waals surface area contributed by atoms with Crippen LogP contribution >= 0.6 is 11.3 Å². The van der Waals surface area contributed by atoms with E-state index in [9.17, 15) is 18.0 Å². The second kappa shape index (κ2) is 9.09. The maximum atomic E-state index is 12.2. The lowest BCUT2D eigenvalue weighted by Gasteiger charge is -2.14. The van der Waals surface area contributed by atoms with Crippen molar-refractivity contribution >= 4 is 38.2 Å². The first kappa shape index (κ1) is 21.0. The number of hydrogen-bond donors (Lipinski definition) is 0. The molecule has 27 heavy (non-hydrogen) atoms. The van der Waals surface area contributed by atoms with E-state index in [1.54, 1.807) is 17.5 Å². The van der Waals surface area contributed by atoms with Crippen LogP contribution in [0.3, 0.4) is 0 Å². The summed E-state index contributed by atoms with van der Waals surface area (Å²) in [7, 11) is -3.53. The number of amides is 1. The average molecular weight is 411 g/mol. The van der Waals surface area contributed by atoms with Crippen molar-refractivity contribution in [1.29, 1.82) is 0 Å². The normalized spacial score (nSPS) is 11.2. The summed E-state index contributed by atoms with van der Waals surface area (Å²) in [5, 5.41) is 2.25. The number of esters is 1. The number of carbonyl (C=O) groups excluding carboxylic acids is 2. The topological polar surface area (TPSA) is 93.6 Å². The van der Waals surface area contributed by atoms with Crippen LogP contribution in [-0.2, 0) is 30.8 Å². The third-order valence-corrected chi connectivity index (χ3v) is 6.45. The fourth-order valence-corrected chi connectivity index (χ4v) is 4.43. The zero-order valence-electron chi connectivity index (χ0n) is 15.5. The molecule has 0 saturated carbocycles. The zero-order valence-corrected chi connectivity index (χ0v) is 17.1. The number of rotatable bonds is 8. The van der Waals surface area contributed by atoms with Gasteiger partial charge in [0.15, 0.2) is 15.0 Å². The van der Waals surface area contributed by atoms with Crippen LogP contribution in [0.4, 0.5) is 5.13 Å². The molecule has 0 unspecified atom stereocenters. The Morgan fingerprint density at radius 1 is 1.22 bits per heavy atom. The largest absolute Gasteiger partial charge is 0.459 e. The second-order valence-electron chi connectivity index (χ2n) is 5.93. The number of nitrogens with zero attached hydrogens (tertiary/aromatic N) is 2. The summed E-state index contributed by atoms with van der Waals surface area (Å²) in [6, 6.07) is 6.49. The van der Waals surface area contributed by atoms with Crippen molar-refractivity contribution in [3.8, 4) is 0 Å². The molecule has 0 fully saturated rings. The van der Waals surface area contributed by atoms with Crippen LogP contribution in [0.1, 0.15) is 31.5 Å². The van der Waals surface area contributed by atoms with E-state index in [1.807, 2.05) is 13.8 Å². The van der Waals surface area contributed by atoms with Crippen molar-refractivity contribution in [2.75, 3.05) is 17.2 Å². The number of aryl methyl sites for hydroxylation is 1. The molecular weight excluding hydrogens is 388 g/mol. The molecule has 146 valence electrons. The molecule has 0 N–H and O–H groups in total. The van der Waals surface area contributed by atoms with Crippen molar-refractivity contribution in [2.45, 2.75) is 38.7 Å². The molecule has 1 amide bonds. The van der Waals surface area contributed by atoms with Gasteiger partial charge >= 0.3 is 5.97 Å². The molecule has 0 aliphatic heterocycles. The maximum absolute atomic E-state index is 12.2. The molecule has 7 nitrogen and oxygen atoms in total. The SMILES string of the molecule is CCN(C(C)=O)c1nc(COC(=O)CCS(=O)(=O)c2ccc(C)cc2)cs1. The van der Waals surface area contributed by atoms with Gasteiger partial charge in [0.25, 0.3) is 0 Å². The Hall–Kier alpha value is -2.26. The molecule has 0 atom stereocenters. The Balaban J connectivity index is 1.87. The minimum atomic E-state index is -3.53. The molecule has 1 aromatic heterocycles. The Morgan fingerprint density at radius 2 is 1.89 bits per heavy atom. The van der Waals surface area contributed by atoms with Gasteiger partial charge in [-0.05, 0) is 26.0 Å². The lowest BCUT2D eigenvalue weighted by atomic mass is 10.2. The first-order valence-corrected chi connectivity index (χ1v) is 10.9. The van der Waals surface area contributed by atoms with Gasteiger partial charge in [0.1, 0.15) is 6.61 Å². The molecule has 0 aliphatic rings. The van der Waals surface area contributed by atoms with Crippen LogP contribution in [-0.4, -0.2) is 37.6 Å². The number of benzene rings is 1. The molecule has 0 spiro atoms. The maximum Gasteiger partial charge on any atom is 0.307 e. The van der Waals surface area contributed by atoms with E-state index in [-0.39, 0.29) is 29.6 Å². The summed E-state index contributed by atoms with van der Waals surface area (Å²) in [6.45, 7) is 5.61. The molecule has 1 aromatic carbocycles. The summed E-state index contributed by atoms with van der Waals surface area (Å²) in [6.07, 6.45) is -0.234. The lowest BCUT2D eigenvalue weighted by molar-refractivity contribution is -0.144. The molecule has 0 saturated heterocycles. The highest BCUT2D eigenvalue weighted by Gasteiger charge is 2.18. The van der Waals surface area contributed by atoms with Crippen molar-refractivity contribution in [3.05, 3.63) is 40.9 Å². The lowest BCUT2D eigenvalue weighted by Crippen LogP contribution is -2.27. The van der Waals surface area contributed by atoms with Crippen LogP contribution in [0.15, 0.2) is 34.5 Å². The van der Waals surface area contributed by atoms with Gasteiger partial charge in [-0.2, -0.15) is 0 Å². The van der Waals surface area contributed by atoms with Crippen molar-refractivity contribution in [3.63, 3.8) is 0 Å². The Kier molecular flexibility index (Phi) is 7.09. The van der Waals surface area contributed by atoms with Crippen LogP contribution in [0.5, 0.6) is 0 Å². The molecule has 0 aliphatic carbocycles. The molecule has 0 bridgehead atoms. The highest BCUT2D eigenvalue weighted by molar-refractivity contribution is 7.91. The summed E-state index contributed by atoms with van der Waals surface area (Å²) in [5.41, 5.74) is 1.48. The Morgan fingerprint density at radius 3 is 2.48 bits per heavy atom. The Bertz CT molecular complexity index is 904. The minimum Gasteiger partial charge on any atom is -0.459 e. The number of anilines is 1. The number of ether oxygens (including phenoxy) is 1. The van der Waals surface area contributed by atoms with Crippen molar-refractivity contribution in [2.24, 2.45) is 0 Å². The van der Waals surface area contributed by atoms with Crippen LogP contribution < -0.4 is 4.90 Å². The molecule has 9 heteroatoms. The first-order chi connectivity index (χ1) is 12.7. The second-order valence-corrected chi connectivity index (χ2v) is 8.87. The van der Waals surface area contributed by atoms with Gasteiger partial charge in [-0.3, -0.25) is 14.5 Å². The first-order valence-electron chi connectivity index (χ1n) is 8.40. The third kappa shape index (κ3) is 5.86. The summed E-state index contributed by atoms with van der Waals surface area (Å²) in [5.74, 6) is -1.04. The molecule has 2 rings (SSSR count). The van der Waals surface area contributed by atoms with Gasteiger partial charge in [0, 0.05) is 18.8 Å². The number of thiazole rings is 1. The van der Waals surface area contributed by atoms with Crippen molar-refractivity contribution in [1.82, 2.24) is 4.98 Å². The molecule has 0 radical (unpaired) electrons. The summed E-state index contributed by atoms with van der Waals surface area (Å²) in [4.78, 5) is 29.4. The standard InChI is InChI=1S/C18H22N2O5S2/c1-4-20(14(3)21)18-19-15(12-26-18)11-25-17(22)9-10-27(23,24)16-7-5-13(2)6-8-16/h5-8,12H,4,9-11H2,1-3H3. The number of carbonyl (C=O) groups is 2. The minimum absolute atomic E-state index is 0.0601. The quantitative estimate of drug-likeness (QED) is 0.621. The van der Waals surface area contributed by atoms with Gasteiger partial charge in [0.2, 0.25) is 5.91 Å². The van der Waals surface area contributed by atoms with Gasteiger partial charge < -0.3 is 4.74 Å². The number of aromatic nitrogens is 1. The third-order valence-electron chi connectivity index (χ3n) is 3.80. The Labute approximate surface area is 162 Å². The smallest absolute Gasteiger partial charge is 0.307 e. The zero-order chi connectivity index (χ0) is 20.0. The monoisotopic (exact) mass is 410 g/mol. The molecular formula is C18H22N2O5S2. The summed E-state index contributed by atoms with van der Waals surface area (Å²) >= 11 is 1.29. The number of hydrogen-bond acceptors (Lipinski definition) is 7. The fourth-order valence-electron chi connectivity index (χ4n) is 2.29. The van der Waals surface area contributed by atoms with E-state index in [4.69, 9.17) is 4.74 Å². The molecule has 2 aromatic rings. The number of sulfone groups is 1. The van der Waals surface area contributed by atoms with Gasteiger partial charge in [0.05, 0.1) is 22.8 Å². The van der Waals surface area contributed by atoms with Gasteiger partial charge in [-0.25, -0.2) is 13.4 Å². The molecule has 1 heterocycles. The van der Waals surface area contributed by atoms with E-state index >= 15 is 0 Å². The van der Waals surface area contributed by atoms with Crippen LogP contribution in [0.25, 0.3) is 0 Å². The highest BCUT2D eigenvalue weighted by Crippen LogP contribution is 2.21. The predicted molar refractivity (Wildman–Crippen MR) is 103 cm³/mol. The van der Waals surface area contributed by atoms with E-state index in [2.05, 4.69) is 4.98 Å². The van der Waals surface area contributed by atoms with Crippen LogP contribution in [0, 0.1) is 6.92 Å². The van der Waals surface area contributed by atoms with Crippen molar-refractivity contribution < 1.29 is 22.7 Å². The van der Waals surface area contributed by atoms with Gasteiger partial charge in [-0.15, -0.1) is 11.3 Å². The van der Waals surface area contributed by atoms with E-state index in [0.717, 1.165) is 5.56 Å². The predicted octanol–water partition coefficient (Wildman–Crippen LogP) is 2.73.